The van der Waals surface area contributed by atoms with Crippen molar-refractivity contribution in [2.45, 2.75) is 44.2 Å². The molecule has 0 aliphatic heterocycles. The van der Waals surface area contributed by atoms with E-state index in [0.29, 0.717) is 18.6 Å². The van der Waals surface area contributed by atoms with Crippen molar-refractivity contribution in [2.75, 3.05) is 20.8 Å². The van der Waals surface area contributed by atoms with Gasteiger partial charge in [-0.1, -0.05) is 6.07 Å². The molecule has 4 nitrogen and oxygen atoms in total. The summed E-state index contributed by atoms with van der Waals surface area (Å²) in [5, 5.41) is 2.13. The van der Waals surface area contributed by atoms with E-state index in [-0.39, 0.29) is 6.29 Å². The molecule has 1 heterocycles. The van der Waals surface area contributed by atoms with Crippen LogP contribution >= 0.6 is 11.3 Å². The van der Waals surface area contributed by atoms with Gasteiger partial charge in [-0.15, -0.1) is 11.3 Å². The minimum Gasteiger partial charge on any atom is -0.356 e. The maximum Gasteiger partial charge on any atom is 0.158 e. The van der Waals surface area contributed by atoms with Gasteiger partial charge in [-0.05, 0) is 24.3 Å². The lowest BCUT2D eigenvalue weighted by Crippen LogP contribution is -2.44. The topological polar surface area (TPSA) is 47.7 Å². The summed E-state index contributed by atoms with van der Waals surface area (Å²) in [5.41, 5.74) is 5.98. The first-order chi connectivity index (χ1) is 9.28. The molecular formula is C14H24N2O2S. The van der Waals surface area contributed by atoms with Crippen molar-refractivity contribution in [3.8, 4) is 0 Å². The Morgan fingerprint density at radius 1 is 1.42 bits per heavy atom. The molecule has 1 aromatic heterocycles. The van der Waals surface area contributed by atoms with Gasteiger partial charge >= 0.3 is 0 Å². The average Bonchev–Trinajstić information content (AvgIpc) is 3.15. The molecule has 0 amide bonds. The average molecular weight is 284 g/mol. The Morgan fingerprint density at radius 3 is 2.63 bits per heavy atom. The van der Waals surface area contributed by atoms with Crippen LogP contribution in [-0.4, -0.2) is 44.0 Å². The third-order valence-corrected chi connectivity index (χ3v) is 4.53. The predicted octanol–water partition coefficient (Wildman–Crippen LogP) is 2.05. The summed E-state index contributed by atoms with van der Waals surface area (Å²) >= 11 is 1.81. The number of ether oxygens (including phenoxy) is 2. The van der Waals surface area contributed by atoms with Crippen LogP contribution in [0, 0.1) is 0 Å². The van der Waals surface area contributed by atoms with Gasteiger partial charge in [0.05, 0.1) is 0 Å². The summed E-state index contributed by atoms with van der Waals surface area (Å²) in [6, 6.07) is 5.30. The lowest BCUT2D eigenvalue weighted by molar-refractivity contribution is -0.117. The molecule has 108 valence electrons. The highest BCUT2D eigenvalue weighted by Crippen LogP contribution is 2.32. The molecule has 2 rings (SSSR count). The van der Waals surface area contributed by atoms with Gasteiger partial charge in [0.2, 0.25) is 0 Å². The van der Waals surface area contributed by atoms with Crippen LogP contribution in [0.15, 0.2) is 17.5 Å². The fraction of sp³-hybridized carbons (Fsp3) is 0.714. The Kier molecular flexibility index (Phi) is 5.78. The van der Waals surface area contributed by atoms with Crippen molar-refractivity contribution in [1.82, 2.24) is 4.90 Å². The van der Waals surface area contributed by atoms with E-state index in [1.807, 2.05) is 11.3 Å². The Labute approximate surface area is 119 Å². The van der Waals surface area contributed by atoms with Crippen molar-refractivity contribution in [3.63, 3.8) is 0 Å². The highest BCUT2D eigenvalue weighted by Gasteiger charge is 2.34. The second kappa shape index (κ2) is 7.36. The number of methoxy groups -OCH3 is 2. The zero-order valence-electron chi connectivity index (χ0n) is 11.7. The molecule has 0 radical (unpaired) electrons. The zero-order valence-corrected chi connectivity index (χ0v) is 12.6. The standard InChI is InChI=1S/C14H24N2O2S/c1-17-14(18-2)8-12(9-15)16(11-5-6-11)10-13-4-3-7-19-13/h3-4,7,11-12,14H,5-6,8-10,15H2,1-2H3. The quantitative estimate of drug-likeness (QED) is 0.705. The van der Waals surface area contributed by atoms with Crippen molar-refractivity contribution in [1.29, 1.82) is 0 Å². The minimum atomic E-state index is -0.168. The second-order valence-electron chi connectivity index (χ2n) is 5.01. The normalized spacial score (nSPS) is 17.3. The van der Waals surface area contributed by atoms with Gasteiger partial charge in [0.15, 0.2) is 6.29 Å². The molecule has 1 aliphatic rings. The molecule has 1 unspecified atom stereocenters. The van der Waals surface area contributed by atoms with E-state index < -0.39 is 0 Å². The first-order valence-electron chi connectivity index (χ1n) is 6.82. The van der Waals surface area contributed by atoms with Gasteiger partial charge in [-0.2, -0.15) is 0 Å². The monoisotopic (exact) mass is 284 g/mol. The molecule has 1 fully saturated rings. The number of hydrogen-bond donors (Lipinski definition) is 1. The van der Waals surface area contributed by atoms with Crippen LogP contribution in [-0.2, 0) is 16.0 Å². The molecule has 0 aromatic carbocycles. The lowest BCUT2D eigenvalue weighted by atomic mass is 10.1. The first-order valence-corrected chi connectivity index (χ1v) is 7.70. The van der Waals surface area contributed by atoms with Crippen molar-refractivity contribution in [3.05, 3.63) is 22.4 Å². The third-order valence-electron chi connectivity index (χ3n) is 3.67. The fourth-order valence-corrected chi connectivity index (χ4v) is 3.14. The van der Waals surface area contributed by atoms with E-state index in [9.17, 15) is 0 Å². The van der Waals surface area contributed by atoms with E-state index in [1.54, 1.807) is 14.2 Å². The summed E-state index contributed by atoms with van der Waals surface area (Å²) in [6.45, 7) is 1.63. The summed E-state index contributed by atoms with van der Waals surface area (Å²) in [7, 11) is 3.37. The molecule has 19 heavy (non-hydrogen) atoms. The Hall–Kier alpha value is -0.460. The van der Waals surface area contributed by atoms with Gasteiger partial charge in [0.1, 0.15) is 0 Å². The summed E-state index contributed by atoms with van der Waals surface area (Å²) in [5.74, 6) is 0. The Balaban J connectivity index is 1.99. The molecule has 1 aliphatic carbocycles. The van der Waals surface area contributed by atoms with Gasteiger partial charge in [0.25, 0.3) is 0 Å². The predicted molar refractivity (Wildman–Crippen MR) is 78.1 cm³/mol. The maximum atomic E-state index is 5.98. The van der Waals surface area contributed by atoms with Gasteiger partial charge in [0, 0.05) is 50.7 Å². The molecular weight excluding hydrogens is 260 g/mol. The number of rotatable bonds is 9. The van der Waals surface area contributed by atoms with Crippen LogP contribution in [0.25, 0.3) is 0 Å². The number of hydrogen-bond acceptors (Lipinski definition) is 5. The number of nitrogens with two attached hydrogens (primary N) is 1. The van der Waals surface area contributed by atoms with E-state index in [4.69, 9.17) is 15.2 Å². The smallest absolute Gasteiger partial charge is 0.158 e. The molecule has 0 spiro atoms. The Bertz CT molecular complexity index is 350. The van der Waals surface area contributed by atoms with Crippen LogP contribution in [0.3, 0.4) is 0 Å². The molecule has 5 heteroatoms. The summed E-state index contributed by atoms with van der Waals surface area (Å²) in [4.78, 5) is 3.92. The minimum absolute atomic E-state index is 0.168. The molecule has 0 saturated heterocycles. The van der Waals surface area contributed by atoms with Gasteiger partial charge < -0.3 is 15.2 Å². The van der Waals surface area contributed by atoms with Crippen LogP contribution in [0.4, 0.5) is 0 Å². The molecule has 2 N–H and O–H groups in total. The maximum absolute atomic E-state index is 5.98. The molecule has 0 bridgehead atoms. The largest absolute Gasteiger partial charge is 0.356 e. The molecule has 1 saturated carbocycles. The number of nitrogens with zero attached hydrogens (tertiary/aromatic N) is 1. The van der Waals surface area contributed by atoms with Crippen molar-refractivity contribution in [2.24, 2.45) is 5.73 Å². The van der Waals surface area contributed by atoms with E-state index in [2.05, 4.69) is 22.4 Å². The van der Waals surface area contributed by atoms with Crippen LogP contribution in [0.1, 0.15) is 24.1 Å². The number of thiophene rings is 1. The van der Waals surface area contributed by atoms with E-state index in [1.165, 1.54) is 17.7 Å². The molecule has 1 atom stereocenters. The van der Waals surface area contributed by atoms with E-state index >= 15 is 0 Å². The van der Waals surface area contributed by atoms with Crippen LogP contribution < -0.4 is 5.73 Å². The van der Waals surface area contributed by atoms with Crippen molar-refractivity contribution < 1.29 is 9.47 Å². The SMILES string of the molecule is COC(CC(CN)N(Cc1cccs1)C1CC1)OC. The fourth-order valence-electron chi connectivity index (χ4n) is 2.42. The van der Waals surface area contributed by atoms with Crippen LogP contribution in [0.2, 0.25) is 0 Å². The van der Waals surface area contributed by atoms with Gasteiger partial charge in [-0.25, -0.2) is 0 Å². The van der Waals surface area contributed by atoms with Crippen LogP contribution in [0.5, 0.6) is 0 Å². The first kappa shape index (κ1) is 14.9. The summed E-state index contributed by atoms with van der Waals surface area (Å²) in [6.07, 6.45) is 3.22. The van der Waals surface area contributed by atoms with E-state index in [0.717, 1.165) is 13.0 Å². The lowest BCUT2D eigenvalue weighted by Gasteiger charge is -2.32. The third kappa shape index (κ3) is 4.26. The molecule has 1 aromatic rings. The zero-order chi connectivity index (χ0) is 13.7. The summed E-state index contributed by atoms with van der Waals surface area (Å²) < 4.78 is 10.6. The van der Waals surface area contributed by atoms with Crippen molar-refractivity contribution >= 4 is 11.3 Å². The Morgan fingerprint density at radius 2 is 2.16 bits per heavy atom. The second-order valence-corrected chi connectivity index (χ2v) is 6.04. The highest BCUT2D eigenvalue weighted by atomic mass is 32.1. The van der Waals surface area contributed by atoms with Gasteiger partial charge in [-0.3, -0.25) is 4.90 Å². The highest BCUT2D eigenvalue weighted by molar-refractivity contribution is 7.09.